The molecule has 0 spiro atoms. The van der Waals surface area contributed by atoms with Gasteiger partial charge >= 0.3 is 0 Å². The normalized spacial score (nSPS) is 12.2. The molecule has 1 aromatic heterocycles. The minimum absolute atomic E-state index is 0.0381. The summed E-state index contributed by atoms with van der Waals surface area (Å²) in [5.41, 5.74) is 6.60. The Morgan fingerprint density at radius 1 is 1.11 bits per heavy atom. The third-order valence-electron chi connectivity index (χ3n) is 4.92. The third kappa shape index (κ3) is 3.93. The molecule has 5 nitrogen and oxygen atoms in total. The number of nitrogens with zero attached hydrogens (tertiary/aromatic N) is 2. The Balaban J connectivity index is 1.57. The summed E-state index contributed by atoms with van der Waals surface area (Å²) in [4.78, 5) is 21.9. The van der Waals surface area contributed by atoms with Crippen molar-refractivity contribution in [1.29, 1.82) is 0 Å². The van der Waals surface area contributed by atoms with Crippen LogP contribution >= 0.6 is 22.6 Å². The van der Waals surface area contributed by atoms with Crippen LogP contribution in [0.15, 0.2) is 42.5 Å². The predicted molar refractivity (Wildman–Crippen MR) is 117 cm³/mol. The van der Waals surface area contributed by atoms with Crippen LogP contribution in [0.1, 0.15) is 28.1 Å². The number of aryl methyl sites for hydroxylation is 3. The molecule has 28 heavy (non-hydrogen) atoms. The van der Waals surface area contributed by atoms with Crippen molar-refractivity contribution in [3.05, 3.63) is 74.1 Å². The van der Waals surface area contributed by atoms with Crippen molar-refractivity contribution in [2.45, 2.75) is 32.8 Å². The molecular weight excluding hydrogens is 465 g/mol. The van der Waals surface area contributed by atoms with E-state index in [0.717, 1.165) is 44.5 Å². The van der Waals surface area contributed by atoms with E-state index in [2.05, 4.69) is 27.9 Å². The summed E-state index contributed by atoms with van der Waals surface area (Å²) in [6.45, 7) is 1.90. The zero-order valence-electron chi connectivity index (χ0n) is 15.5. The number of rotatable bonds is 4. The van der Waals surface area contributed by atoms with Crippen LogP contribution in [-0.4, -0.2) is 21.0 Å². The first-order valence-corrected chi connectivity index (χ1v) is 10.3. The van der Waals surface area contributed by atoms with Crippen molar-refractivity contribution in [3.8, 4) is 11.3 Å². The van der Waals surface area contributed by atoms with Gasteiger partial charge in [-0.1, -0.05) is 30.3 Å². The third-order valence-corrected chi connectivity index (χ3v) is 5.64. The number of halogens is 1. The van der Waals surface area contributed by atoms with Crippen molar-refractivity contribution >= 4 is 34.3 Å². The van der Waals surface area contributed by atoms with Crippen molar-refractivity contribution in [1.82, 2.24) is 9.97 Å². The maximum Gasteiger partial charge on any atom is 0.229 e. The number of nitrogens with one attached hydrogen (secondary N) is 1. The Labute approximate surface area is 177 Å². The molecule has 1 aliphatic carbocycles. The van der Waals surface area contributed by atoms with Crippen LogP contribution < -0.4 is 5.32 Å². The smallest absolute Gasteiger partial charge is 0.229 e. The fourth-order valence-corrected chi connectivity index (χ4v) is 3.82. The van der Waals surface area contributed by atoms with Crippen LogP contribution in [0.25, 0.3) is 11.3 Å². The molecule has 0 radical (unpaired) electrons. The number of benzene rings is 2. The minimum atomic E-state index is -0.0950. The number of amides is 1. The average Bonchev–Trinajstić information content (AvgIpc) is 2.70. The summed E-state index contributed by atoms with van der Waals surface area (Å²) >= 11 is 2.25. The standard InChI is InChI=1S/C22H20IN3O2/c1-13-22(26-20(28)11-14-2-6-17(23)7-3-14)25-19-9-5-16-10-15(12-27)4-8-18(16)21(19)24-13/h2-4,6-8,10,27H,5,9,11-12H2,1H3,(H,25,26,28). The second-order valence-corrected chi connectivity index (χ2v) is 8.20. The molecule has 1 heterocycles. The molecule has 2 aromatic carbocycles. The second-order valence-electron chi connectivity index (χ2n) is 6.95. The van der Waals surface area contributed by atoms with E-state index in [4.69, 9.17) is 9.97 Å². The lowest BCUT2D eigenvalue weighted by Gasteiger charge is -2.20. The minimum Gasteiger partial charge on any atom is -0.392 e. The first kappa shape index (κ1) is 19.0. The van der Waals surface area contributed by atoms with Gasteiger partial charge in [0.15, 0.2) is 5.82 Å². The summed E-state index contributed by atoms with van der Waals surface area (Å²) in [5, 5.41) is 12.3. The zero-order chi connectivity index (χ0) is 19.7. The van der Waals surface area contributed by atoms with Crippen LogP contribution in [0.3, 0.4) is 0 Å². The van der Waals surface area contributed by atoms with Crippen molar-refractivity contribution < 1.29 is 9.90 Å². The molecule has 6 heteroatoms. The van der Waals surface area contributed by atoms with E-state index in [1.165, 1.54) is 5.56 Å². The van der Waals surface area contributed by atoms with E-state index in [9.17, 15) is 9.90 Å². The monoisotopic (exact) mass is 485 g/mol. The van der Waals surface area contributed by atoms with Gasteiger partial charge in [-0.25, -0.2) is 9.97 Å². The Kier molecular flexibility index (Phi) is 5.41. The Morgan fingerprint density at radius 2 is 1.86 bits per heavy atom. The molecule has 4 rings (SSSR count). The molecule has 3 aromatic rings. The molecule has 0 saturated heterocycles. The van der Waals surface area contributed by atoms with Gasteiger partial charge in [0.05, 0.1) is 30.1 Å². The molecule has 142 valence electrons. The van der Waals surface area contributed by atoms with Crippen LogP contribution in [0.2, 0.25) is 0 Å². The number of hydrogen-bond acceptors (Lipinski definition) is 4. The number of aliphatic hydroxyl groups excluding tert-OH is 1. The fourth-order valence-electron chi connectivity index (χ4n) is 3.46. The predicted octanol–water partition coefficient (Wildman–Crippen LogP) is 3.83. The first-order chi connectivity index (χ1) is 13.5. The van der Waals surface area contributed by atoms with Crippen LogP contribution in [-0.2, 0) is 30.7 Å². The largest absolute Gasteiger partial charge is 0.392 e. The van der Waals surface area contributed by atoms with E-state index in [1.807, 2.05) is 49.4 Å². The summed E-state index contributed by atoms with van der Waals surface area (Å²) in [5.74, 6) is 0.437. The zero-order valence-corrected chi connectivity index (χ0v) is 17.7. The van der Waals surface area contributed by atoms with Gasteiger partial charge in [0.2, 0.25) is 5.91 Å². The van der Waals surface area contributed by atoms with Crippen molar-refractivity contribution in [2.24, 2.45) is 0 Å². The lowest BCUT2D eigenvalue weighted by atomic mass is 9.90. The highest BCUT2D eigenvalue weighted by molar-refractivity contribution is 14.1. The highest BCUT2D eigenvalue weighted by Gasteiger charge is 2.21. The Morgan fingerprint density at radius 3 is 2.61 bits per heavy atom. The molecule has 0 aliphatic heterocycles. The quantitative estimate of drug-likeness (QED) is 0.551. The van der Waals surface area contributed by atoms with Crippen LogP contribution in [0, 0.1) is 10.5 Å². The summed E-state index contributed by atoms with van der Waals surface area (Å²) in [6.07, 6.45) is 1.93. The maximum atomic E-state index is 12.5. The van der Waals surface area contributed by atoms with Gasteiger partial charge in [0.25, 0.3) is 0 Å². The number of aromatic nitrogens is 2. The average molecular weight is 485 g/mol. The van der Waals surface area contributed by atoms with Gasteiger partial charge in [-0.05, 0) is 71.2 Å². The number of carbonyl (C=O) groups excluding carboxylic acids is 1. The van der Waals surface area contributed by atoms with Crippen molar-refractivity contribution in [2.75, 3.05) is 5.32 Å². The van der Waals surface area contributed by atoms with Gasteiger partial charge in [-0.2, -0.15) is 0 Å². The number of fused-ring (bicyclic) bond motifs is 3. The SMILES string of the molecule is Cc1nc2c(nc1NC(=O)Cc1ccc(I)cc1)CCc1cc(CO)ccc1-2. The van der Waals surface area contributed by atoms with E-state index >= 15 is 0 Å². The van der Waals surface area contributed by atoms with E-state index in [-0.39, 0.29) is 12.5 Å². The lowest BCUT2D eigenvalue weighted by molar-refractivity contribution is -0.115. The van der Waals surface area contributed by atoms with Gasteiger partial charge < -0.3 is 10.4 Å². The van der Waals surface area contributed by atoms with Gasteiger partial charge in [0, 0.05) is 9.13 Å². The molecule has 1 amide bonds. The number of carbonyl (C=O) groups is 1. The lowest BCUT2D eigenvalue weighted by Crippen LogP contribution is -2.19. The molecule has 1 aliphatic rings. The maximum absolute atomic E-state index is 12.5. The van der Waals surface area contributed by atoms with Gasteiger partial charge in [-0.15, -0.1) is 0 Å². The molecular formula is C22H20IN3O2. The van der Waals surface area contributed by atoms with Crippen LogP contribution in [0.4, 0.5) is 5.82 Å². The summed E-state index contributed by atoms with van der Waals surface area (Å²) < 4.78 is 1.14. The summed E-state index contributed by atoms with van der Waals surface area (Å²) in [6, 6.07) is 13.9. The Hall–Kier alpha value is -2.32. The van der Waals surface area contributed by atoms with Crippen LogP contribution in [0.5, 0.6) is 0 Å². The molecule has 2 N–H and O–H groups in total. The highest BCUT2D eigenvalue weighted by atomic mass is 127. The highest BCUT2D eigenvalue weighted by Crippen LogP contribution is 2.33. The van der Waals surface area contributed by atoms with E-state index in [0.29, 0.717) is 17.9 Å². The first-order valence-electron chi connectivity index (χ1n) is 9.18. The Bertz CT molecular complexity index is 1050. The van der Waals surface area contributed by atoms with Crippen molar-refractivity contribution in [3.63, 3.8) is 0 Å². The number of aliphatic hydroxyl groups is 1. The summed E-state index contributed by atoms with van der Waals surface area (Å²) in [7, 11) is 0. The van der Waals surface area contributed by atoms with Gasteiger partial charge in [-0.3, -0.25) is 4.79 Å². The fraction of sp³-hybridized carbons (Fsp3) is 0.227. The second kappa shape index (κ2) is 7.97. The molecule has 0 bridgehead atoms. The number of anilines is 1. The molecule has 0 atom stereocenters. The number of hydrogen-bond donors (Lipinski definition) is 2. The van der Waals surface area contributed by atoms with E-state index < -0.39 is 0 Å². The molecule has 0 unspecified atom stereocenters. The topological polar surface area (TPSA) is 75.1 Å². The molecule has 0 fully saturated rings. The molecule has 0 saturated carbocycles. The van der Waals surface area contributed by atoms with Gasteiger partial charge in [0.1, 0.15) is 0 Å². The van der Waals surface area contributed by atoms with E-state index in [1.54, 1.807) is 0 Å².